The number of benzene rings is 2. The summed E-state index contributed by atoms with van der Waals surface area (Å²) in [5.41, 5.74) is 0.901. The number of amides is 1. The number of rotatable bonds is 8. The van der Waals surface area contributed by atoms with Crippen LogP contribution in [0.5, 0.6) is 17.2 Å². The van der Waals surface area contributed by atoms with Crippen LogP contribution in [-0.4, -0.2) is 57.2 Å². The van der Waals surface area contributed by atoms with Gasteiger partial charge < -0.3 is 29.6 Å². The Morgan fingerprint density at radius 1 is 1.19 bits per heavy atom. The summed E-state index contributed by atoms with van der Waals surface area (Å²) in [6.07, 6.45) is 11.2. The summed E-state index contributed by atoms with van der Waals surface area (Å²) in [7, 11) is 1.55. The summed E-state index contributed by atoms with van der Waals surface area (Å²) < 4.78 is 12.8. The number of nitrogens with one attached hydrogen (secondary N) is 1. The highest BCUT2D eigenvalue weighted by Gasteiger charge is 2.31. The number of nitrogens with zero attached hydrogens (tertiary/aromatic N) is 2. The molecule has 1 aliphatic heterocycles. The van der Waals surface area contributed by atoms with Gasteiger partial charge in [0.05, 0.1) is 19.5 Å². The summed E-state index contributed by atoms with van der Waals surface area (Å²) in [6, 6.07) is 8.40. The second-order valence-electron chi connectivity index (χ2n) is 10.7. The van der Waals surface area contributed by atoms with E-state index in [1.807, 2.05) is 10.6 Å². The SMILES string of the molecule is COc1ccc(C(CC(=O)NCCn2ccnc2)c2c(O)cc3c(c2O)C(=O)OC(C)CCCC(=O)CCCC=C3)cc1. The number of hydrogen-bond acceptors (Lipinski definition) is 8. The Labute approximate surface area is 251 Å². The average Bonchev–Trinajstić information content (AvgIpc) is 3.49. The minimum absolute atomic E-state index is 0.0541. The van der Waals surface area contributed by atoms with E-state index in [1.54, 1.807) is 63.1 Å². The van der Waals surface area contributed by atoms with Gasteiger partial charge in [0.25, 0.3) is 0 Å². The van der Waals surface area contributed by atoms with E-state index in [2.05, 4.69) is 10.3 Å². The number of aromatic nitrogens is 2. The fourth-order valence-electron chi connectivity index (χ4n) is 5.24. The molecule has 10 heteroatoms. The topological polar surface area (TPSA) is 140 Å². The van der Waals surface area contributed by atoms with E-state index in [4.69, 9.17) is 9.47 Å². The lowest BCUT2D eigenvalue weighted by atomic mass is 9.84. The average molecular weight is 590 g/mol. The van der Waals surface area contributed by atoms with Crippen LogP contribution in [0.4, 0.5) is 0 Å². The predicted molar refractivity (Wildman–Crippen MR) is 161 cm³/mol. The van der Waals surface area contributed by atoms with Crippen molar-refractivity contribution < 1.29 is 34.1 Å². The summed E-state index contributed by atoms with van der Waals surface area (Å²) >= 11 is 0. The predicted octanol–water partition coefficient (Wildman–Crippen LogP) is 5.12. The molecule has 2 aromatic carbocycles. The van der Waals surface area contributed by atoms with Crippen molar-refractivity contribution in [3.05, 3.63) is 77.4 Å². The quantitative estimate of drug-likeness (QED) is 0.308. The van der Waals surface area contributed by atoms with Crippen molar-refractivity contribution in [3.8, 4) is 17.2 Å². The fourth-order valence-corrected chi connectivity index (χ4v) is 5.24. The summed E-state index contributed by atoms with van der Waals surface area (Å²) in [5.74, 6) is -1.75. The van der Waals surface area contributed by atoms with Crippen LogP contribution in [0.1, 0.15) is 84.8 Å². The smallest absolute Gasteiger partial charge is 0.342 e. The zero-order valence-corrected chi connectivity index (χ0v) is 24.6. The maximum atomic E-state index is 13.5. The normalized spacial score (nSPS) is 16.9. The van der Waals surface area contributed by atoms with Gasteiger partial charge in [-0.15, -0.1) is 0 Å². The van der Waals surface area contributed by atoms with Crippen LogP contribution < -0.4 is 10.1 Å². The third-order valence-electron chi connectivity index (χ3n) is 7.56. The van der Waals surface area contributed by atoms with Gasteiger partial charge >= 0.3 is 5.97 Å². The number of phenolic OH excluding ortho intramolecular Hbond substituents is 2. The molecule has 3 aromatic rings. The van der Waals surface area contributed by atoms with Gasteiger partial charge in [0.15, 0.2) is 0 Å². The summed E-state index contributed by atoms with van der Waals surface area (Å²) in [6.45, 7) is 2.63. The van der Waals surface area contributed by atoms with Gasteiger partial charge in [-0.2, -0.15) is 0 Å². The molecule has 0 fully saturated rings. The molecule has 4 rings (SSSR count). The number of phenols is 2. The second kappa shape index (κ2) is 15.0. The fraction of sp³-hybridized carbons (Fsp3) is 0.394. The molecule has 3 N–H and O–H groups in total. The van der Waals surface area contributed by atoms with Crippen LogP contribution in [0, 0.1) is 0 Å². The molecule has 43 heavy (non-hydrogen) atoms. The molecule has 1 aromatic heterocycles. The van der Waals surface area contributed by atoms with Gasteiger partial charge in [-0.05, 0) is 61.9 Å². The van der Waals surface area contributed by atoms with Gasteiger partial charge in [-0.25, -0.2) is 9.78 Å². The molecule has 228 valence electrons. The number of imidazole rings is 1. The van der Waals surface area contributed by atoms with Crippen molar-refractivity contribution in [2.75, 3.05) is 13.7 Å². The zero-order valence-electron chi connectivity index (χ0n) is 24.6. The molecular weight excluding hydrogens is 550 g/mol. The van der Waals surface area contributed by atoms with Crippen molar-refractivity contribution >= 4 is 23.7 Å². The zero-order chi connectivity index (χ0) is 30.8. The van der Waals surface area contributed by atoms with Crippen LogP contribution in [0.3, 0.4) is 0 Å². The van der Waals surface area contributed by atoms with Gasteiger partial charge in [0.2, 0.25) is 5.91 Å². The van der Waals surface area contributed by atoms with Gasteiger partial charge in [0, 0.05) is 56.2 Å². The third-order valence-corrected chi connectivity index (χ3v) is 7.56. The molecule has 2 unspecified atom stereocenters. The molecule has 1 amide bonds. The van der Waals surface area contributed by atoms with Crippen LogP contribution in [0.25, 0.3) is 6.08 Å². The Morgan fingerprint density at radius 2 is 1.95 bits per heavy atom. The molecule has 0 radical (unpaired) electrons. The number of esters is 1. The van der Waals surface area contributed by atoms with Gasteiger partial charge in [-0.1, -0.05) is 24.3 Å². The Bertz CT molecular complexity index is 1430. The summed E-state index contributed by atoms with van der Waals surface area (Å²) in [4.78, 5) is 42.8. The molecular formula is C33H39N3O7. The molecule has 0 saturated carbocycles. The molecule has 0 bridgehead atoms. The van der Waals surface area contributed by atoms with E-state index >= 15 is 0 Å². The number of ether oxygens (including phenoxy) is 2. The maximum Gasteiger partial charge on any atom is 0.342 e. The van der Waals surface area contributed by atoms with Gasteiger partial charge in [0.1, 0.15) is 28.6 Å². The lowest BCUT2D eigenvalue weighted by Gasteiger charge is -2.23. The number of methoxy groups -OCH3 is 1. The van der Waals surface area contributed by atoms with E-state index < -0.39 is 23.7 Å². The standard InChI is InChI=1S/C33H39N3O7/c1-22-7-6-10-25(37)9-5-3-4-8-24-19-28(38)31(32(40)30(24)33(41)43-22)27(23-11-13-26(42-2)14-12-23)20-29(39)35-16-18-36-17-15-34-21-36/h4,8,11-15,17,19,21-22,27,38,40H,3,5-7,9-10,16,18,20H2,1-2H3,(H,35,39). The molecule has 0 saturated heterocycles. The number of ketones is 1. The van der Waals surface area contributed by atoms with Crippen LogP contribution >= 0.6 is 0 Å². The van der Waals surface area contributed by atoms with Crippen LogP contribution in [0.15, 0.2) is 55.1 Å². The molecule has 2 heterocycles. The molecule has 1 aliphatic rings. The molecule has 0 aliphatic carbocycles. The lowest BCUT2D eigenvalue weighted by molar-refractivity contribution is -0.121. The number of allylic oxidation sites excluding steroid dienone is 1. The number of cyclic esters (lactones) is 1. The molecule has 0 spiro atoms. The van der Waals surface area contributed by atoms with Crippen molar-refractivity contribution in [2.45, 2.75) is 70.4 Å². The highest BCUT2D eigenvalue weighted by Crippen LogP contribution is 2.44. The highest BCUT2D eigenvalue weighted by atomic mass is 16.5. The van der Waals surface area contributed by atoms with Crippen molar-refractivity contribution in [1.29, 1.82) is 0 Å². The van der Waals surface area contributed by atoms with E-state index in [1.165, 1.54) is 6.07 Å². The van der Waals surface area contributed by atoms with Crippen molar-refractivity contribution in [2.24, 2.45) is 0 Å². The number of Topliss-reactive ketones (excluding diaryl/α,β-unsaturated/α-hetero) is 1. The summed E-state index contributed by atoms with van der Waals surface area (Å²) in [5, 5.41) is 25.8. The first-order valence-electron chi connectivity index (χ1n) is 14.6. The van der Waals surface area contributed by atoms with E-state index in [0.29, 0.717) is 62.9 Å². The molecule has 10 nitrogen and oxygen atoms in total. The minimum Gasteiger partial charge on any atom is -0.507 e. The number of fused-ring (bicyclic) bond motifs is 1. The van der Waals surface area contributed by atoms with Crippen LogP contribution in [-0.2, 0) is 20.9 Å². The van der Waals surface area contributed by atoms with E-state index in [-0.39, 0.29) is 40.6 Å². The Balaban J connectivity index is 1.71. The lowest BCUT2D eigenvalue weighted by Crippen LogP contribution is -2.28. The minimum atomic E-state index is -0.794. The first-order valence-corrected chi connectivity index (χ1v) is 14.6. The molecule has 2 atom stereocenters. The number of carbonyl (C=O) groups excluding carboxylic acids is 3. The highest BCUT2D eigenvalue weighted by molar-refractivity contribution is 5.98. The second-order valence-corrected chi connectivity index (χ2v) is 10.7. The third kappa shape index (κ3) is 8.47. The van der Waals surface area contributed by atoms with Crippen LogP contribution in [0.2, 0.25) is 0 Å². The van der Waals surface area contributed by atoms with Crippen molar-refractivity contribution in [1.82, 2.24) is 14.9 Å². The Kier molecular flexibility index (Phi) is 11.0. The number of carbonyl (C=O) groups is 3. The Hall–Kier alpha value is -4.60. The largest absolute Gasteiger partial charge is 0.507 e. The van der Waals surface area contributed by atoms with Gasteiger partial charge in [-0.3, -0.25) is 9.59 Å². The monoisotopic (exact) mass is 589 g/mol. The first kappa shape index (κ1) is 31.3. The number of aromatic hydroxyl groups is 2. The number of hydrogen-bond donors (Lipinski definition) is 3. The van der Waals surface area contributed by atoms with E-state index in [9.17, 15) is 24.6 Å². The maximum absolute atomic E-state index is 13.5. The van der Waals surface area contributed by atoms with E-state index in [0.717, 1.165) is 0 Å². The first-order chi connectivity index (χ1) is 20.8. The van der Waals surface area contributed by atoms with Crippen molar-refractivity contribution in [3.63, 3.8) is 0 Å². The Morgan fingerprint density at radius 3 is 2.67 bits per heavy atom.